The van der Waals surface area contributed by atoms with E-state index in [2.05, 4.69) is 4.72 Å². The third-order valence-electron chi connectivity index (χ3n) is 3.89. The average Bonchev–Trinajstić information content (AvgIpc) is 2.68. The molecule has 0 amide bonds. The minimum atomic E-state index is -3.76. The summed E-state index contributed by atoms with van der Waals surface area (Å²) in [6, 6.07) is 21.5. The Morgan fingerprint density at radius 2 is 1.41 bits per heavy atom. The van der Waals surface area contributed by atoms with E-state index in [1.165, 1.54) is 26.4 Å². The zero-order valence-electron chi connectivity index (χ0n) is 15.5. The molecule has 0 spiro atoms. The van der Waals surface area contributed by atoms with E-state index in [1.54, 1.807) is 18.2 Å². The second-order valence-corrected chi connectivity index (χ2v) is 7.25. The predicted octanol–water partition coefficient (Wildman–Crippen LogP) is 3.79. The van der Waals surface area contributed by atoms with E-state index in [0.717, 1.165) is 11.1 Å². The molecule has 0 aliphatic heterocycles. The van der Waals surface area contributed by atoms with Crippen LogP contribution in [0.4, 0.5) is 5.69 Å². The van der Waals surface area contributed by atoms with Crippen molar-refractivity contribution in [1.29, 1.82) is 0 Å². The summed E-state index contributed by atoms with van der Waals surface area (Å²) in [6.45, 7) is 0. The molecule has 0 atom stereocenters. The second kappa shape index (κ2) is 9.72. The maximum atomic E-state index is 12.7. The smallest absolute Gasteiger partial charge is 0.262 e. The molecule has 0 bridgehead atoms. The van der Waals surface area contributed by atoms with Gasteiger partial charge in [-0.05, 0) is 35.4 Å². The van der Waals surface area contributed by atoms with Crippen LogP contribution < -0.4 is 14.2 Å². The van der Waals surface area contributed by atoms with Crippen LogP contribution in [0.3, 0.4) is 0 Å². The molecular weight excluding hydrogens is 389 g/mol. The Bertz CT molecular complexity index is 1010. The number of hydrogen-bond acceptors (Lipinski definition) is 4. The summed E-state index contributed by atoms with van der Waals surface area (Å²) in [4.78, 5) is 0.0975. The van der Waals surface area contributed by atoms with E-state index in [1.807, 2.05) is 42.5 Å². The van der Waals surface area contributed by atoms with E-state index in [4.69, 9.17) is 9.47 Å². The SMILES string of the molecule is COc1ccc(S(=O)(=O)Nc2cccc(-c3ccccc3)c2)cc1OC.[K]. The third-order valence-corrected chi connectivity index (χ3v) is 5.27. The van der Waals surface area contributed by atoms with E-state index < -0.39 is 10.0 Å². The zero-order chi connectivity index (χ0) is 18.6. The minimum Gasteiger partial charge on any atom is -0.493 e. The third kappa shape index (κ3) is 5.34. The fraction of sp³-hybridized carbons (Fsp3) is 0.100. The Hall–Kier alpha value is -1.35. The molecule has 135 valence electrons. The molecule has 0 aliphatic carbocycles. The maximum Gasteiger partial charge on any atom is 0.262 e. The Labute approximate surface area is 202 Å². The quantitative estimate of drug-likeness (QED) is 0.630. The van der Waals surface area contributed by atoms with Crippen molar-refractivity contribution < 1.29 is 17.9 Å². The van der Waals surface area contributed by atoms with Gasteiger partial charge in [-0.15, -0.1) is 0 Å². The first kappa shape index (κ1) is 21.9. The van der Waals surface area contributed by atoms with Gasteiger partial charge in [0, 0.05) is 63.1 Å². The average molecular weight is 409 g/mol. The fourth-order valence-electron chi connectivity index (χ4n) is 2.59. The number of nitrogens with one attached hydrogen (secondary N) is 1. The molecule has 5 nitrogen and oxygen atoms in total. The number of benzene rings is 3. The van der Waals surface area contributed by atoms with Gasteiger partial charge in [0.25, 0.3) is 10.0 Å². The van der Waals surface area contributed by atoms with E-state index in [-0.39, 0.29) is 56.3 Å². The molecule has 27 heavy (non-hydrogen) atoms. The van der Waals surface area contributed by atoms with Gasteiger partial charge in [0.1, 0.15) is 0 Å². The first-order chi connectivity index (χ1) is 12.5. The summed E-state index contributed by atoms with van der Waals surface area (Å²) >= 11 is 0. The zero-order valence-corrected chi connectivity index (χ0v) is 19.4. The van der Waals surface area contributed by atoms with Crippen LogP contribution in [0.5, 0.6) is 11.5 Å². The molecule has 1 radical (unpaired) electrons. The second-order valence-electron chi connectivity index (χ2n) is 5.57. The van der Waals surface area contributed by atoms with Crippen LogP contribution in [0.25, 0.3) is 11.1 Å². The first-order valence-electron chi connectivity index (χ1n) is 7.94. The standard InChI is InChI=1S/C20H19NO4S.K/c1-24-19-12-11-18(14-20(19)25-2)26(22,23)21-17-10-6-9-16(13-17)15-7-4-3-5-8-15;/h3-14,21H,1-2H3;. The molecule has 0 unspecified atom stereocenters. The number of ether oxygens (including phenoxy) is 2. The van der Waals surface area contributed by atoms with E-state index in [9.17, 15) is 8.42 Å². The van der Waals surface area contributed by atoms with Gasteiger partial charge in [-0.2, -0.15) is 0 Å². The van der Waals surface area contributed by atoms with Crippen LogP contribution in [0.1, 0.15) is 0 Å². The molecule has 0 saturated heterocycles. The Morgan fingerprint density at radius 3 is 2.07 bits per heavy atom. The van der Waals surface area contributed by atoms with Gasteiger partial charge < -0.3 is 9.47 Å². The molecule has 3 rings (SSSR count). The van der Waals surface area contributed by atoms with Crippen LogP contribution in [-0.2, 0) is 10.0 Å². The van der Waals surface area contributed by atoms with Gasteiger partial charge in [0.15, 0.2) is 11.5 Å². The Balaban J connectivity index is 0.00000261. The summed E-state index contributed by atoms with van der Waals surface area (Å²) < 4.78 is 38.4. The molecule has 7 heteroatoms. The van der Waals surface area contributed by atoms with Crippen LogP contribution in [-0.4, -0.2) is 74.0 Å². The van der Waals surface area contributed by atoms with Gasteiger partial charge in [0.05, 0.1) is 19.1 Å². The molecular formula is C20H19KNO4S. The van der Waals surface area contributed by atoms with E-state index >= 15 is 0 Å². The van der Waals surface area contributed by atoms with Crippen molar-refractivity contribution in [3.8, 4) is 22.6 Å². The first-order valence-corrected chi connectivity index (χ1v) is 9.42. The summed E-state index contributed by atoms with van der Waals surface area (Å²) in [5.41, 5.74) is 2.43. The molecule has 3 aromatic carbocycles. The van der Waals surface area contributed by atoms with Gasteiger partial charge in [-0.3, -0.25) is 4.72 Å². The number of sulfonamides is 1. The summed E-state index contributed by atoms with van der Waals surface area (Å²) in [5, 5.41) is 0. The molecule has 0 aromatic heterocycles. The van der Waals surface area contributed by atoms with Crippen molar-refractivity contribution in [1.82, 2.24) is 0 Å². The van der Waals surface area contributed by atoms with Crippen molar-refractivity contribution in [2.24, 2.45) is 0 Å². The molecule has 0 heterocycles. The van der Waals surface area contributed by atoms with Crippen molar-refractivity contribution >= 4 is 67.1 Å². The Kier molecular flexibility index (Phi) is 7.90. The van der Waals surface area contributed by atoms with Crippen molar-refractivity contribution in [2.75, 3.05) is 18.9 Å². The predicted molar refractivity (Wildman–Crippen MR) is 108 cm³/mol. The minimum absolute atomic E-state index is 0. The Morgan fingerprint density at radius 1 is 0.741 bits per heavy atom. The summed E-state index contributed by atoms with van der Waals surface area (Å²) in [6.07, 6.45) is 0. The van der Waals surface area contributed by atoms with Crippen molar-refractivity contribution in [3.05, 3.63) is 72.8 Å². The van der Waals surface area contributed by atoms with Crippen LogP contribution in [0, 0.1) is 0 Å². The number of anilines is 1. The van der Waals surface area contributed by atoms with Crippen molar-refractivity contribution in [2.45, 2.75) is 4.90 Å². The maximum absolute atomic E-state index is 12.7. The topological polar surface area (TPSA) is 64.6 Å². The summed E-state index contributed by atoms with van der Waals surface area (Å²) in [5.74, 6) is 0.825. The largest absolute Gasteiger partial charge is 0.493 e. The van der Waals surface area contributed by atoms with Crippen molar-refractivity contribution in [3.63, 3.8) is 0 Å². The van der Waals surface area contributed by atoms with Crippen LogP contribution >= 0.6 is 0 Å². The van der Waals surface area contributed by atoms with E-state index in [0.29, 0.717) is 17.2 Å². The summed E-state index contributed by atoms with van der Waals surface area (Å²) in [7, 11) is -0.793. The molecule has 0 fully saturated rings. The van der Waals surface area contributed by atoms with Gasteiger partial charge >= 0.3 is 0 Å². The van der Waals surface area contributed by atoms with Crippen LogP contribution in [0.2, 0.25) is 0 Å². The molecule has 1 N–H and O–H groups in total. The fourth-order valence-corrected chi connectivity index (χ4v) is 3.66. The number of hydrogen-bond donors (Lipinski definition) is 1. The van der Waals surface area contributed by atoms with Gasteiger partial charge in [-0.25, -0.2) is 8.42 Å². The number of rotatable bonds is 6. The van der Waals surface area contributed by atoms with Gasteiger partial charge in [-0.1, -0.05) is 42.5 Å². The molecule has 3 aromatic rings. The van der Waals surface area contributed by atoms with Crippen LogP contribution in [0.15, 0.2) is 77.7 Å². The molecule has 0 saturated carbocycles. The normalized spacial score (nSPS) is 10.6. The monoisotopic (exact) mass is 408 g/mol. The molecule has 0 aliphatic rings. The van der Waals surface area contributed by atoms with Gasteiger partial charge in [0.2, 0.25) is 0 Å². The number of methoxy groups -OCH3 is 2.